The van der Waals surface area contributed by atoms with Crippen LogP contribution in [0, 0.1) is 0 Å². The van der Waals surface area contributed by atoms with Gasteiger partial charge >= 0.3 is 0 Å². The van der Waals surface area contributed by atoms with E-state index in [1.54, 1.807) is 56.3 Å². The standard InChI is InChI=1S/C33H35N7O3.C29H29N7O3.C28H27N7O3/c1-32(2)30(42)38-14-6-4-5-7-15-39-29(41)24-18-34-31(36-28(24)40(39)23-9-11-27(43-32)26(38)17-23)35-22-8-10-25-21(16-22)19-37(3)20-33(25)12-13-33;1-33-13-10-19-14-21(7-6-20(19)17-33)31-29-30-16-23-27(32-29)36-22-8-9-25-24(15-22)34(26(37)18-39-25)11-4-2-3-5-12-35(36)28(23)38;1-32-15-18-6-7-20(12-19(18)16-32)30-28-29-14-22-26(31-28)35-21-8-9-24-23(13-21)33(25(36)17-38-24)10-4-2-3-5-11-34(35)27(22)37/h5,7-11,16-18H,4,6,12-15,19-20H2,1-3H3,(H,34,35,36);3,5-9,14-16H,2,4,10-13,17-18H2,1H3,(H,30,31,32);3,5-9,12-14H,2,4,10-11,15-17H2,1H3,(H,29,30,31). The maximum absolute atomic E-state index is 13.7. The van der Waals surface area contributed by atoms with Crippen LogP contribution in [0.2, 0.25) is 0 Å². The van der Waals surface area contributed by atoms with Crippen molar-refractivity contribution in [3.63, 3.8) is 0 Å². The number of carbonyl (C=O) groups is 3. The molecule has 6 aromatic carbocycles. The summed E-state index contributed by atoms with van der Waals surface area (Å²) in [6.45, 7) is 12.5. The fraction of sp³-hybridized carbons (Fsp3) is 0.333. The largest absolute Gasteiger partial charge is 0.482 e. The second kappa shape index (κ2) is 30.2. The van der Waals surface area contributed by atoms with E-state index in [2.05, 4.69) is 127 Å². The Labute approximate surface area is 689 Å². The van der Waals surface area contributed by atoms with Crippen LogP contribution in [-0.2, 0) is 72.0 Å². The first-order chi connectivity index (χ1) is 58.3. The number of nitrogens with one attached hydrogen (secondary N) is 3. The Bertz CT molecular complexity index is 6510. The first-order valence-electron chi connectivity index (χ1n) is 41.3. The lowest BCUT2D eigenvalue weighted by atomic mass is 9.87. The number of anilines is 9. The predicted molar refractivity (Wildman–Crippen MR) is 459 cm³/mol. The highest BCUT2D eigenvalue weighted by Gasteiger charge is 2.48. The Balaban J connectivity index is 0.000000115. The topological polar surface area (TPSA) is 293 Å². The van der Waals surface area contributed by atoms with E-state index < -0.39 is 5.60 Å². The summed E-state index contributed by atoms with van der Waals surface area (Å²) in [6, 6.07) is 36.2. The average Bonchev–Trinajstić information content (AvgIpc) is 1.57. The SMILES string of the molecule is CN1CCc2cc(Nc3ncc4c(=O)n5n(c4n3)-c3ccc4c(c3)N(CCCC=CC5)C(=O)CO4)ccc2C1.CN1Cc2cc(Nc3ncc4c(=O)n5n(c4n3)-c3ccc4c(c3)N(CCCC=CC5)C(=O)C(C)(C)O4)ccc2C2(CC2)C1.CN1Cc2ccc(Nc3ncc4c(=O)n5n(c4n3)-c3ccc4c(c3)N(CCCC=CC5)C(=O)CO4)cc2C1. The molecule has 0 unspecified atom stereocenters. The lowest BCUT2D eigenvalue weighted by molar-refractivity contribution is -0.132. The van der Waals surface area contributed by atoms with E-state index in [4.69, 9.17) is 29.2 Å². The molecule has 12 aromatic rings. The maximum Gasteiger partial charge on any atom is 0.278 e. The molecule has 0 atom stereocenters. The Morgan fingerprint density at radius 3 is 1.32 bits per heavy atom. The molecule has 30 nitrogen and oxygen atoms in total. The number of carbonyl (C=O) groups excluding carboxylic acids is 3. The molecule has 0 radical (unpaired) electrons. The molecule has 6 bridgehead atoms. The summed E-state index contributed by atoms with van der Waals surface area (Å²) in [7, 11) is 6.43. The number of rotatable bonds is 6. The summed E-state index contributed by atoms with van der Waals surface area (Å²) in [5, 5.41) is 11.3. The Morgan fingerprint density at radius 2 is 0.825 bits per heavy atom. The molecule has 9 aliphatic heterocycles. The van der Waals surface area contributed by atoms with Crippen molar-refractivity contribution in [1.82, 2.24) is 72.7 Å². The van der Waals surface area contributed by atoms with Crippen molar-refractivity contribution in [2.45, 2.75) is 128 Å². The Hall–Kier alpha value is -13.3. The number of likely N-dealkylation sites (N-methyl/N-ethyl adjacent to an activating group) is 2. The van der Waals surface area contributed by atoms with E-state index in [1.807, 2.05) is 104 Å². The van der Waals surface area contributed by atoms with E-state index >= 15 is 0 Å². The minimum atomic E-state index is -0.956. The van der Waals surface area contributed by atoms with Crippen molar-refractivity contribution in [2.24, 2.45) is 0 Å². The number of hydrogen-bond acceptors (Lipinski definition) is 21. The van der Waals surface area contributed by atoms with Gasteiger partial charge in [-0.05, 0) is 217 Å². The molecule has 15 heterocycles. The van der Waals surface area contributed by atoms with E-state index in [-0.39, 0.29) is 47.6 Å². The molecule has 3 amide bonds. The normalized spacial score (nSPS) is 18.2. The van der Waals surface area contributed by atoms with Gasteiger partial charge in [-0.15, -0.1) is 0 Å². The Kier molecular flexibility index (Phi) is 19.0. The Morgan fingerprint density at radius 1 is 0.408 bits per heavy atom. The third kappa shape index (κ3) is 13.9. The van der Waals surface area contributed by atoms with Crippen molar-refractivity contribution < 1.29 is 28.6 Å². The van der Waals surface area contributed by atoms with Crippen molar-refractivity contribution in [2.75, 3.05) is 97.7 Å². The molecule has 22 rings (SSSR count). The number of ether oxygens (including phenoxy) is 3. The molecule has 3 N–H and O–H groups in total. The highest BCUT2D eigenvalue weighted by molar-refractivity contribution is 6.03. The number of amides is 3. The second-order valence-electron chi connectivity index (χ2n) is 33.3. The van der Waals surface area contributed by atoms with E-state index in [0.29, 0.717) is 130 Å². The first-order valence-corrected chi connectivity index (χ1v) is 41.3. The number of nitrogens with zero attached hydrogens (tertiary/aromatic N) is 18. The van der Waals surface area contributed by atoms with Crippen LogP contribution in [0.5, 0.6) is 17.2 Å². The van der Waals surface area contributed by atoms with Crippen LogP contribution in [0.3, 0.4) is 0 Å². The zero-order chi connectivity index (χ0) is 81.8. The maximum atomic E-state index is 13.7. The van der Waals surface area contributed by atoms with E-state index in [0.717, 1.165) is 118 Å². The van der Waals surface area contributed by atoms with Crippen LogP contribution in [0.1, 0.15) is 98.6 Å². The van der Waals surface area contributed by atoms with Gasteiger partial charge in [0.1, 0.15) is 33.4 Å². The smallest absolute Gasteiger partial charge is 0.278 e. The van der Waals surface area contributed by atoms with E-state index in [1.165, 1.54) is 46.2 Å². The number of aromatic nitrogens is 12. The summed E-state index contributed by atoms with van der Waals surface area (Å²) >= 11 is 0. The second-order valence-corrected chi connectivity index (χ2v) is 33.3. The van der Waals surface area contributed by atoms with Crippen molar-refractivity contribution >= 4 is 103 Å². The summed E-state index contributed by atoms with van der Waals surface area (Å²) in [4.78, 5) is 120. The molecule has 30 heteroatoms. The fourth-order valence-corrected chi connectivity index (χ4v) is 18.2. The molecule has 1 fully saturated rings. The fourth-order valence-electron chi connectivity index (χ4n) is 18.2. The highest BCUT2D eigenvalue weighted by atomic mass is 16.5. The average molecular weight is 1610 g/mol. The van der Waals surface area contributed by atoms with Crippen LogP contribution in [0.15, 0.2) is 179 Å². The lowest BCUT2D eigenvalue weighted by Crippen LogP contribution is -2.52. The van der Waals surface area contributed by atoms with Crippen LogP contribution >= 0.6 is 0 Å². The van der Waals surface area contributed by atoms with Gasteiger partial charge in [-0.25, -0.2) is 43.0 Å². The van der Waals surface area contributed by atoms with Crippen LogP contribution < -0.4 is 61.5 Å². The molecule has 1 saturated carbocycles. The number of fused-ring (bicyclic) bond motifs is 19. The van der Waals surface area contributed by atoms with Crippen molar-refractivity contribution in [3.8, 4) is 34.3 Å². The van der Waals surface area contributed by atoms with Gasteiger partial charge in [0.15, 0.2) is 35.8 Å². The van der Waals surface area contributed by atoms with Crippen LogP contribution in [-0.4, -0.2) is 163 Å². The molecule has 0 saturated heterocycles. The molecule has 6 aromatic heterocycles. The number of benzene rings is 6. The summed E-state index contributed by atoms with van der Waals surface area (Å²) in [6.07, 6.45) is 25.3. The first kappa shape index (κ1) is 75.4. The van der Waals surface area contributed by atoms with Gasteiger partial charge in [-0.3, -0.25) is 33.7 Å². The van der Waals surface area contributed by atoms with Gasteiger partial charge < -0.3 is 54.7 Å². The third-order valence-corrected chi connectivity index (χ3v) is 24.3. The van der Waals surface area contributed by atoms with Gasteiger partial charge in [0, 0.05) is 100.0 Å². The summed E-state index contributed by atoms with van der Waals surface area (Å²) < 4.78 is 28.0. The predicted octanol–water partition coefficient (Wildman–Crippen LogP) is 11.4. The summed E-state index contributed by atoms with van der Waals surface area (Å²) in [5.41, 5.74) is 15.4. The number of hydrogen-bond donors (Lipinski definition) is 3. The van der Waals surface area contributed by atoms with Crippen molar-refractivity contribution in [3.05, 3.63) is 229 Å². The van der Waals surface area contributed by atoms with E-state index in [9.17, 15) is 28.8 Å². The highest BCUT2D eigenvalue weighted by Crippen LogP contribution is 2.53. The van der Waals surface area contributed by atoms with Crippen LogP contribution in [0.25, 0.3) is 50.2 Å². The third-order valence-electron chi connectivity index (χ3n) is 24.3. The zero-order valence-corrected chi connectivity index (χ0v) is 67.6. The van der Waals surface area contributed by atoms with Gasteiger partial charge in [0.25, 0.3) is 34.4 Å². The molecular weight excluding hydrogens is 1520 g/mol. The minimum Gasteiger partial charge on any atom is -0.482 e. The molecule has 120 heavy (non-hydrogen) atoms. The lowest BCUT2D eigenvalue weighted by Gasteiger charge is -2.39. The summed E-state index contributed by atoms with van der Waals surface area (Å²) in [5.74, 6) is 2.98. The minimum absolute atomic E-state index is 0.0284. The molecule has 1 spiro atoms. The molecular formula is C90H91N21O9. The van der Waals surface area contributed by atoms with Crippen LogP contribution in [0.4, 0.5) is 52.0 Å². The van der Waals surface area contributed by atoms with Gasteiger partial charge in [0.05, 0.1) is 53.8 Å². The molecule has 1 aliphatic carbocycles. The van der Waals surface area contributed by atoms with Gasteiger partial charge in [-0.2, -0.15) is 15.0 Å². The van der Waals surface area contributed by atoms with Gasteiger partial charge in [-0.1, -0.05) is 54.7 Å². The monoisotopic (exact) mass is 1610 g/mol. The quantitative estimate of drug-likeness (QED) is 0.130. The molecule has 610 valence electrons. The van der Waals surface area contributed by atoms with Crippen molar-refractivity contribution in [1.29, 1.82) is 0 Å². The zero-order valence-electron chi connectivity index (χ0n) is 67.6. The van der Waals surface area contributed by atoms with Gasteiger partial charge in [0.2, 0.25) is 17.8 Å². The number of allylic oxidation sites excluding steroid dienone is 6. The molecule has 10 aliphatic rings.